The first-order valence-corrected chi connectivity index (χ1v) is 9.71. The van der Waals surface area contributed by atoms with Crippen LogP contribution >= 0.6 is 11.8 Å². The standard InChI is InChI=1S/C21H17FN4O2S/c1-26-19(17-8-5-13-28-17)24-25-21(26)29-18(14-6-3-2-4-7-14)20(27)23-16-11-9-15(22)10-12-16/h2-13,18H,1H3,(H,23,27)/t18-/m0/s1. The molecule has 2 heterocycles. The van der Waals surface area contributed by atoms with Gasteiger partial charge in [-0.2, -0.15) is 0 Å². The average molecular weight is 408 g/mol. The predicted molar refractivity (Wildman–Crippen MR) is 109 cm³/mol. The topological polar surface area (TPSA) is 73.0 Å². The number of hydrogen-bond acceptors (Lipinski definition) is 5. The molecule has 6 nitrogen and oxygen atoms in total. The number of anilines is 1. The molecule has 4 rings (SSSR count). The van der Waals surface area contributed by atoms with Gasteiger partial charge in [-0.3, -0.25) is 4.79 Å². The van der Waals surface area contributed by atoms with Crippen LogP contribution < -0.4 is 5.32 Å². The molecule has 0 unspecified atom stereocenters. The molecule has 0 bridgehead atoms. The maximum Gasteiger partial charge on any atom is 0.242 e. The van der Waals surface area contributed by atoms with Gasteiger partial charge in [0.1, 0.15) is 11.1 Å². The first-order chi connectivity index (χ1) is 14.1. The largest absolute Gasteiger partial charge is 0.461 e. The van der Waals surface area contributed by atoms with Crippen LogP contribution in [0.5, 0.6) is 0 Å². The highest BCUT2D eigenvalue weighted by atomic mass is 32.2. The molecule has 0 fully saturated rings. The van der Waals surface area contributed by atoms with Crippen LogP contribution in [0.1, 0.15) is 10.8 Å². The highest BCUT2D eigenvalue weighted by Gasteiger charge is 2.25. The number of nitrogens with zero attached hydrogens (tertiary/aromatic N) is 3. The Bertz CT molecular complexity index is 1100. The van der Waals surface area contributed by atoms with Crippen LogP contribution in [0.15, 0.2) is 82.6 Å². The molecular formula is C21H17FN4O2S. The number of carbonyl (C=O) groups excluding carboxylic acids is 1. The van der Waals surface area contributed by atoms with Gasteiger partial charge in [0.25, 0.3) is 0 Å². The Kier molecular flexibility index (Phi) is 5.44. The van der Waals surface area contributed by atoms with Gasteiger partial charge in [-0.1, -0.05) is 42.1 Å². The zero-order valence-corrected chi connectivity index (χ0v) is 16.3. The molecule has 0 aliphatic heterocycles. The van der Waals surface area contributed by atoms with Gasteiger partial charge in [0.15, 0.2) is 16.7 Å². The first kappa shape index (κ1) is 18.9. The smallest absolute Gasteiger partial charge is 0.242 e. The molecule has 1 N–H and O–H groups in total. The number of furan rings is 1. The van der Waals surface area contributed by atoms with Gasteiger partial charge in [0.05, 0.1) is 6.26 Å². The Labute approximate surface area is 170 Å². The van der Waals surface area contributed by atoms with Crippen molar-refractivity contribution in [2.75, 3.05) is 5.32 Å². The van der Waals surface area contributed by atoms with Crippen molar-refractivity contribution in [1.29, 1.82) is 0 Å². The Morgan fingerprint density at radius 2 is 1.83 bits per heavy atom. The van der Waals surface area contributed by atoms with Crippen LogP contribution in [-0.4, -0.2) is 20.7 Å². The number of halogens is 1. The summed E-state index contributed by atoms with van der Waals surface area (Å²) in [7, 11) is 1.82. The van der Waals surface area contributed by atoms with Gasteiger partial charge in [0, 0.05) is 12.7 Å². The lowest BCUT2D eigenvalue weighted by Gasteiger charge is -2.16. The minimum atomic E-state index is -0.575. The molecule has 0 radical (unpaired) electrons. The van der Waals surface area contributed by atoms with Crippen molar-refractivity contribution >= 4 is 23.4 Å². The second-order valence-electron chi connectivity index (χ2n) is 6.25. The molecular weight excluding hydrogens is 391 g/mol. The van der Waals surface area contributed by atoms with Crippen LogP contribution in [0.3, 0.4) is 0 Å². The van der Waals surface area contributed by atoms with E-state index < -0.39 is 5.25 Å². The van der Waals surface area contributed by atoms with Crippen molar-refractivity contribution in [3.8, 4) is 11.6 Å². The molecule has 4 aromatic rings. The van der Waals surface area contributed by atoms with Gasteiger partial charge in [0.2, 0.25) is 5.91 Å². The summed E-state index contributed by atoms with van der Waals surface area (Å²) in [5, 5.41) is 11.2. The summed E-state index contributed by atoms with van der Waals surface area (Å²) in [4.78, 5) is 13.0. The van der Waals surface area contributed by atoms with Crippen molar-refractivity contribution in [3.05, 3.63) is 84.4 Å². The Hall–Kier alpha value is -3.39. The molecule has 0 saturated heterocycles. The first-order valence-electron chi connectivity index (χ1n) is 8.83. The molecule has 0 spiro atoms. The van der Waals surface area contributed by atoms with E-state index in [-0.39, 0.29) is 11.7 Å². The third kappa shape index (κ3) is 4.22. The summed E-state index contributed by atoms with van der Waals surface area (Å²) in [6.07, 6.45) is 1.57. The van der Waals surface area contributed by atoms with Gasteiger partial charge < -0.3 is 14.3 Å². The number of aromatic nitrogens is 3. The number of benzene rings is 2. The Morgan fingerprint density at radius 1 is 1.07 bits per heavy atom. The molecule has 29 heavy (non-hydrogen) atoms. The zero-order chi connectivity index (χ0) is 20.2. The van der Waals surface area contributed by atoms with E-state index in [4.69, 9.17) is 4.42 Å². The highest BCUT2D eigenvalue weighted by molar-refractivity contribution is 8.00. The highest BCUT2D eigenvalue weighted by Crippen LogP contribution is 2.36. The lowest BCUT2D eigenvalue weighted by molar-refractivity contribution is -0.115. The van der Waals surface area contributed by atoms with E-state index in [0.29, 0.717) is 22.4 Å². The summed E-state index contributed by atoms with van der Waals surface area (Å²) in [5.41, 5.74) is 1.34. The minimum absolute atomic E-state index is 0.240. The molecule has 146 valence electrons. The molecule has 0 aliphatic carbocycles. The number of rotatable bonds is 6. The molecule has 2 aromatic carbocycles. The molecule has 8 heteroatoms. The number of amides is 1. The van der Waals surface area contributed by atoms with Gasteiger partial charge in [-0.25, -0.2) is 4.39 Å². The molecule has 1 atom stereocenters. The van der Waals surface area contributed by atoms with Crippen molar-refractivity contribution in [1.82, 2.24) is 14.8 Å². The van der Waals surface area contributed by atoms with Crippen molar-refractivity contribution < 1.29 is 13.6 Å². The molecule has 2 aromatic heterocycles. The number of nitrogens with one attached hydrogen (secondary N) is 1. The van der Waals surface area contributed by atoms with E-state index in [1.54, 1.807) is 23.0 Å². The summed E-state index contributed by atoms with van der Waals surface area (Å²) >= 11 is 1.28. The van der Waals surface area contributed by atoms with E-state index in [1.165, 1.54) is 36.0 Å². The Balaban J connectivity index is 1.61. The number of carbonyl (C=O) groups is 1. The van der Waals surface area contributed by atoms with Gasteiger partial charge >= 0.3 is 0 Å². The third-order valence-corrected chi connectivity index (χ3v) is 5.54. The third-order valence-electron chi connectivity index (χ3n) is 4.25. The zero-order valence-electron chi connectivity index (χ0n) is 15.4. The summed E-state index contributed by atoms with van der Waals surface area (Å²) in [6.45, 7) is 0. The minimum Gasteiger partial charge on any atom is -0.461 e. The number of hydrogen-bond donors (Lipinski definition) is 1. The van der Waals surface area contributed by atoms with Gasteiger partial charge in [-0.05, 0) is 42.0 Å². The second kappa shape index (κ2) is 8.32. The monoisotopic (exact) mass is 408 g/mol. The molecule has 0 saturated carbocycles. The van der Waals surface area contributed by atoms with Crippen LogP contribution in [0.2, 0.25) is 0 Å². The van der Waals surface area contributed by atoms with Gasteiger partial charge in [-0.15, -0.1) is 10.2 Å². The normalized spacial score (nSPS) is 11.9. The fourth-order valence-electron chi connectivity index (χ4n) is 2.79. The van der Waals surface area contributed by atoms with E-state index in [9.17, 15) is 9.18 Å². The van der Waals surface area contributed by atoms with Crippen molar-refractivity contribution in [2.24, 2.45) is 7.05 Å². The molecule has 1 amide bonds. The quantitative estimate of drug-likeness (QED) is 0.469. The maximum atomic E-state index is 13.2. The van der Waals surface area contributed by atoms with E-state index in [2.05, 4.69) is 15.5 Å². The fourth-order valence-corrected chi connectivity index (χ4v) is 3.79. The Morgan fingerprint density at radius 3 is 2.52 bits per heavy atom. The summed E-state index contributed by atoms with van der Waals surface area (Å²) in [6, 6.07) is 18.6. The predicted octanol–water partition coefficient (Wildman–Crippen LogP) is 4.69. The summed E-state index contributed by atoms with van der Waals surface area (Å²) in [5.74, 6) is 0.569. The van der Waals surface area contributed by atoms with Crippen molar-refractivity contribution in [2.45, 2.75) is 10.4 Å². The van der Waals surface area contributed by atoms with Crippen LogP contribution in [0.25, 0.3) is 11.6 Å². The lowest BCUT2D eigenvalue weighted by atomic mass is 10.1. The van der Waals surface area contributed by atoms with Crippen LogP contribution in [0, 0.1) is 5.82 Å². The van der Waals surface area contributed by atoms with Crippen molar-refractivity contribution in [3.63, 3.8) is 0 Å². The number of thioether (sulfide) groups is 1. The summed E-state index contributed by atoms with van der Waals surface area (Å²) < 4.78 is 20.3. The van der Waals surface area contributed by atoms with E-state index in [0.717, 1.165) is 5.56 Å². The van der Waals surface area contributed by atoms with E-state index >= 15 is 0 Å². The fraction of sp³-hybridized carbons (Fsp3) is 0.0952. The molecule has 0 aliphatic rings. The van der Waals surface area contributed by atoms with E-state index in [1.807, 2.05) is 37.4 Å². The van der Waals surface area contributed by atoms with Crippen LogP contribution in [0.4, 0.5) is 10.1 Å². The van der Waals surface area contributed by atoms with Crippen LogP contribution in [-0.2, 0) is 11.8 Å². The lowest BCUT2D eigenvalue weighted by Crippen LogP contribution is -2.19. The average Bonchev–Trinajstić information content (AvgIpc) is 3.38. The SMILES string of the molecule is Cn1c(S[C@H](C(=O)Nc2ccc(F)cc2)c2ccccc2)nnc1-c1ccco1. The maximum absolute atomic E-state index is 13.2. The second-order valence-corrected chi connectivity index (χ2v) is 7.32.